The van der Waals surface area contributed by atoms with Crippen molar-refractivity contribution < 1.29 is 14.6 Å². The van der Waals surface area contributed by atoms with Gasteiger partial charge in [0.25, 0.3) is 0 Å². The predicted molar refractivity (Wildman–Crippen MR) is 70.3 cm³/mol. The molecule has 1 aromatic rings. The molecule has 0 unspecified atom stereocenters. The lowest BCUT2D eigenvalue weighted by Crippen LogP contribution is -2.26. The summed E-state index contributed by atoms with van der Waals surface area (Å²) in [5.74, 6) is 0.625. The van der Waals surface area contributed by atoms with E-state index in [4.69, 9.17) is 15.6 Å². The summed E-state index contributed by atoms with van der Waals surface area (Å²) >= 11 is 0. The summed E-state index contributed by atoms with van der Waals surface area (Å²) in [4.78, 5) is 11.4. The average Bonchev–Trinajstić information content (AvgIpc) is 2.35. The van der Waals surface area contributed by atoms with Gasteiger partial charge in [-0.1, -0.05) is 6.07 Å². The van der Waals surface area contributed by atoms with Crippen LogP contribution in [0.15, 0.2) is 24.3 Å². The highest BCUT2D eigenvalue weighted by Gasteiger charge is 2.01. The van der Waals surface area contributed by atoms with E-state index in [0.717, 1.165) is 6.42 Å². The SMILES string of the molecule is Nc1cccc(OCCC(=O)NCCCCO)c1. The smallest absolute Gasteiger partial charge is 0.223 e. The van der Waals surface area contributed by atoms with Crippen LogP contribution in [0.3, 0.4) is 0 Å². The summed E-state index contributed by atoms with van der Waals surface area (Å²) in [5.41, 5.74) is 6.24. The number of ether oxygens (including phenoxy) is 1. The van der Waals surface area contributed by atoms with E-state index in [2.05, 4.69) is 5.32 Å². The van der Waals surface area contributed by atoms with Crippen LogP contribution in [0.2, 0.25) is 0 Å². The van der Waals surface area contributed by atoms with Gasteiger partial charge in [-0.3, -0.25) is 4.79 Å². The number of nitrogens with one attached hydrogen (secondary N) is 1. The molecule has 0 fully saturated rings. The van der Waals surface area contributed by atoms with Crippen molar-refractivity contribution in [1.82, 2.24) is 5.32 Å². The van der Waals surface area contributed by atoms with Gasteiger partial charge in [-0.2, -0.15) is 0 Å². The Morgan fingerprint density at radius 2 is 2.22 bits per heavy atom. The molecule has 0 atom stereocenters. The second-order valence-corrected chi connectivity index (χ2v) is 3.95. The molecule has 0 aromatic heterocycles. The maximum atomic E-state index is 11.4. The van der Waals surface area contributed by atoms with Crippen molar-refractivity contribution >= 4 is 11.6 Å². The van der Waals surface area contributed by atoms with Crippen LogP contribution in [-0.4, -0.2) is 30.8 Å². The molecule has 0 saturated carbocycles. The van der Waals surface area contributed by atoms with E-state index in [1.54, 1.807) is 24.3 Å². The number of hydrogen-bond acceptors (Lipinski definition) is 4. The molecule has 0 aliphatic rings. The van der Waals surface area contributed by atoms with Gasteiger partial charge in [-0.05, 0) is 25.0 Å². The summed E-state index contributed by atoms with van der Waals surface area (Å²) < 4.78 is 5.40. The highest BCUT2D eigenvalue weighted by Crippen LogP contribution is 2.14. The van der Waals surface area contributed by atoms with Gasteiger partial charge in [-0.25, -0.2) is 0 Å². The number of anilines is 1. The van der Waals surface area contributed by atoms with Crippen LogP contribution in [-0.2, 0) is 4.79 Å². The zero-order valence-corrected chi connectivity index (χ0v) is 10.4. The Kier molecular flexibility index (Phi) is 6.64. The van der Waals surface area contributed by atoms with Crippen molar-refractivity contribution in [3.05, 3.63) is 24.3 Å². The molecule has 0 bridgehead atoms. The lowest BCUT2D eigenvalue weighted by atomic mass is 10.3. The quantitative estimate of drug-likeness (QED) is 0.474. The van der Waals surface area contributed by atoms with Crippen molar-refractivity contribution in [3.8, 4) is 5.75 Å². The van der Waals surface area contributed by atoms with Crippen molar-refractivity contribution in [1.29, 1.82) is 0 Å². The molecule has 100 valence electrons. The van der Waals surface area contributed by atoms with Gasteiger partial charge in [0.15, 0.2) is 0 Å². The van der Waals surface area contributed by atoms with E-state index >= 15 is 0 Å². The first kappa shape index (κ1) is 14.3. The monoisotopic (exact) mass is 252 g/mol. The fourth-order valence-electron chi connectivity index (χ4n) is 1.42. The number of carbonyl (C=O) groups excluding carboxylic acids is 1. The minimum Gasteiger partial charge on any atom is -0.493 e. The molecule has 0 aliphatic carbocycles. The molecule has 5 nitrogen and oxygen atoms in total. The summed E-state index contributed by atoms with van der Waals surface area (Å²) in [7, 11) is 0. The standard InChI is InChI=1S/C13H20N2O3/c14-11-4-3-5-12(10-11)18-9-6-13(17)15-7-1-2-8-16/h3-5,10,16H,1-2,6-9,14H2,(H,15,17). The number of nitrogens with two attached hydrogens (primary N) is 1. The fourth-order valence-corrected chi connectivity index (χ4v) is 1.42. The molecule has 1 aromatic carbocycles. The number of rotatable bonds is 8. The molecule has 0 saturated heterocycles. The number of amides is 1. The van der Waals surface area contributed by atoms with Crippen LogP contribution in [0, 0.1) is 0 Å². The van der Waals surface area contributed by atoms with Crippen molar-refractivity contribution in [2.75, 3.05) is 25.5 Å². The lowest BCUT2D eigenvalue weighted by Gasteiger charge is -2.07. The number of nitrogen functional groups attached to an aromatic ring is 1. The van der Waals surface area contributed by atoms with Crippen molar-refractivity contribution in [3.63, 3.8) is 0 Å². The molecule has 0 aliphatic heterocycles. The molecule has 1 rings (SSSR count). The van der Waals surface area contributed by atoms with E-state index in [9.17, 15) is 4.79 Å². The molecule has 18 heavy (non-hydrogen) atoms. The second kappa shape index (κ2) is 8.36. The number of unbranched alkanes of at least 4 members (excludes halogenated alkanes) is 1. The Balaban J connectivity index is 2.12. The zero-order valence-electron chi connectivity index (χ0n) is 10.4. The Labute approximate surface area is 107 Å². The van der Waals surface area contributed by atoms with E-state index in [0.29, 0.717) is 37.4 Å². The molecule has 0 heterocycles. The first-order valence-corrected chi connectivity index (χ1v) is 6.08. The highest BCUT2D eigenvalue weighted by molar-refractivity contribution is 5.75. The third kappa shape index (κ3) is 6.10. The largest absolute Gasteiger partial charge is 0.493 e. The van der Waals surface area contributed by atoms with Gasteiger partial charge in [0.05, 0.1) is 13.0 Å². The number of aliphatic hydroxyl groups is 1. The average molecular weight is 252 g/mol. The van der Waals surface area contributed by atoms with Crippen LogP contribution in [0.1, 0.15) is 19.3 Å². The second-order valence-electron chi connectivity index (χ2n) is 3.95. The Morgan fingerprint density at radius 3 is 2.94 bits per heavy atom. The van der Waals surface area contributed by atoms with Gasteiger partial charge in [-0.15, -0.1) is 0 Å². The van der Waals surface area contributed by atoms with Gasteiger partial charge in [0, 0.05) is 24.9 Å². The third-order valence-electron chi connectivity index (χ3n) is 2.36. The van der Waals surface area contributed by atoms with Gasteiger partial charge < -0.3 is 20.9 Å². The summed E-state index contributed by atoms with van der Waals surface area (Å²) in [6.45, 7) is 1.08. The molecule has 0 spiro atoms. The number of aliphatic hydroxyl groups excluding tert-OH is 1. The summed E-state index contributed by atoms with van der Waals surface area (Å²) in [6.07, 6.45) is 1.81. The molecular weight excluding hydrogens is 232 g/mol. The van der Waals surface area contributed by atoms with Gasteiger partial charge in [0.1, 0.15) is 5.75 Å². The maximum Gasteiger partial charge on any atom is 0.223 e. The van der Waals surface area contributed by atoms with Crippen molar-refractivity contribution in [2.24, 2.45) is 0 Å². The normalized spacial score (nSPS) is 10.1. The Morgan fingerprint density at radius 1 is 1.39 bits per heavy atom. The fraction of sp³-hybridized carbons (Fsp3) is 0.462. The Hall–Kier alpha value is -1.75. The summed E-state index contributed by atoms with van der Waals surface area (Å²) in [5, 5.41) is 11.3. The molecule has 4 N–H and O–H groups in total. The predicted octanol–water partition coefficient (Wildman–Crippen LogP) is 0.926. The Bertz CT molecular complexity index is 369. The van der Waals surface area contributed by atoms with Crippen LogP contribution in [0.5, 0.6) is 5.75 Å². The van der Waals surface area contributed by atoms with E-state index in [1.807, 2.05) is 0 Å². The van der Waals surface area contributed by atoms with Crippen LogP contribution >= 0.6 is 0 Å². The maximum absolute atomic E-state index is 11.4. The minimum atomic E-state index is -0.0446. The molecule has 0 radical (unpaired) electrons. The van der Waals surface area contributed by atoms with Gasteiger partial charge in [0.2, 0.25) is 5.91 Å². The van der Waals surface area contributed by atoms with Crippen LogP contribution in [0.25, 0.3) is 0 Å². The minimum absolute atomic E-state index is 0.0446. The molecular formula is C13H20N2O3. The molecule has 5 heteroatoms. The highest BCUT2D eigenvalue weighted by atomic mass is 16.5. The first-order chi connectivity index (χ1) is 8.72. The van der Waals surface area contributed by atoms with Crippen molar-refractivity contribution in [2.45, 2.75) is 19.3 Å². The zero-order chi connectivity index (χ0) is 13.2. The van der Waals surface area contributed by atoms with E-state index in [-0.39, 0.29) is 12.5 Å². The van der Waals surface area contributed by atoms with Crippen LogP contribution < -0.4 is 15.8 Å². The van der Waals surface area contributed by atoms with Crippen LogP contribution in [0.4, 0.5) is 5.69 Å². The topological polar surface area (TPSA) is 84.6 Å². The number of carbonyl (C=O) groups is 1. The third-order valence-corrected chi connectivity index (χ3v) is 2.36. The van der Waals surface area contributed by atoms with E-state index in [1.165, 1.54) is 0 Å². The van der Waals surface area contributed by atoms with E-state index < -0.39 is 0 Å². The number of benzene rings is 1. The summed E-state index contributed by atoms with van der Waals surface area (Å²) in [6, 6.07) is 7.11. The lowest BCUT2D eigenvalue weighted by molar-refractivity contribution is -0.121. The van der Waals surface area contributed by atoms with Gasteiger partial charge >= 0.3 is 0 Å². The first-order valence-electron chi connectivity index (χ1n) is 6.08. The molecule has 1 amide bonds. The number of hydrogen-bond donors (Lipinski definition) is 3.